The molecule has 0 radical (unpaired) electrons. The van der Waals surface area contributed by atoms with Crippen LogP contribution in [0.5, 0.6) is 0 Å². The van der Waals surface area contributed by atoms with Crippen molar-refractivity contribution < 1.29 is 9.53 Å². The van der Waals surface area contributed by atoms with Gasteiger partial charge in [-0.2, -0.15) is 0 Å². The SMILES string of the molecule is COC(=O)[C@]1(C)CCC[C@@]2(C)[C@H]1CC[C@H]1CC(C(C)C)CC[C@@H]12. The molecule has 23 heavy (non-hydrogen) atoms. The molecule has 6 atom stereocenters. The van der Waals surface area contributed by atoms with Crippen LogP contribution in [0.3, 0.4) is 0 Å². The fourth-order valence-electron chi connectivity index (χ4n) is 6.96. The first-order valence-electron chi connectivity index (χ1n) is 9.91. The van der Waals surface area contributed by atoms with Gasteiger partial charge in [-0.3, -0.25) is 4.79 Å². The van der Waals surface area contributed by atoms with Gasteiger partial charge in [0.15, 0.2) is 0 Å². The van der Waals surface area contributed by atoms with Crippen LogP contribution in [-0.4, -0.2) is 13.1 Å². The molecular weight excluding hydrogens is 284 g/mol. The lowest BCUT2D eigenvalue weighted by Gasteiger charge is -2.61. The minimum Gasteiger partial charge on any atom is -0.469 e. The number of carbonyl (C=O) groups excluding carboxylic acids is 1. The van der Waals surface area contributed by atoms with Crippen molar-refractivity contribution in [3.63, 3.8) is 0 Å². The van der Waals surface area contributed by atoms with Crippen LogP contribution in [0.4, 0.5) is 0 Å². The van der Waals surface area contributed by atoms with Crippen molar-refractivity contribution in [1.29, 1.82) is 0 Å². The summed E-state index contributed by atoms with van der Waals surface area (Å²) in [6, 6.07) is 0. The molecule has 2 nitrogen and oxygen atoms in total. The number of methoxy groups -OCH3 is 1. The third-order valence-electron chi connectivity index (χ3n) is 8.27. The summed E-state index contributed by atoms with van der Waals surface area (Å²) < 4.78 is 5.23. The Morgan fingerprint density at radius 1 is 1.09 bits per heavy atom. The second-order valence-corrected chi connectivity index (χ2v) is 9.58. The lowest BCUT2D eigenvalue weighted by atomic mass is 9.43. The molecule has 0 heterocycles. The van der Waals surface area contributed by atoms with Crippen molar-refractivity contribution in [2.45, 2.75) is 79.1 Å². The zero-order chi connectivity index (χ0) is 16.8. The van der Waals surface area contributed by atoms with E-state index in [0.29, 0.717) is 11.3 Å². The van der Waals surface area contributed by atoms with Gasteiger partial charge in [0.2, 0.25) is 0 Å². The van der Waals surface area contributed by atoms with E-state index in [4.69, 9.17) is 4.74 Å². The second kappa shape index (κ2) is 6.08. The first kappa shape index (κ1) is 17.3. The lowest BCUT2D eigenvalue weighted by Crippen LogP contribution is -2.56. The summed E-state index contributed by atoms with van der Waals surface area (Å²) in [6.45, 7) is 9.51. The van der Waals surface area contributed by atoms with Crippen LogP contribution < -0.4 is 0 Å². The van der Waals surface area contributed by atoms with Crippen molar-refractivity contribution in [3.8, 4) is 0 Å². The quantitative estimate of drug-likeness (QED) is 0.632. The van der Waals surface area contributed by atoms with E-state index in [2.05, 4.69) is 27.7 Å². The second-order valence-electron chi connectivity index (χ2n) is 9.58. The van der Waals surface area contributed by atoms with Gasteiger partial charge in [-0.25, -0.2) is 0 Å². The fraction of sp³-hybridized carbons (Fsp3) is 0.952. The predicted octanol–water partition coefficient (Wildman–Crippen LogP) is 5.45. The van der Waals surface area contributed by atoms with Crippen LogP contribution in [0.15, 0.2) is 0 Å². The van der Waals surface area contributed by atoms with Gasteiger partial charge in [0.05, 0.1) is 12.5 Å². The molecular formula is C21H36O2. The Bertz CT molecular complexity index is 457. The molecule has 0 N–H and O–H groups in total. The molecule has 0 spiro atoms. The van der Waals surface area contributed by atoms with Gasteiger partial charge in [-0.1, -0.05) is 27.2 Å². The molecule has 0 aromatic carbocycles. The maximum atomic E-state index is 12.6. The molecule has 0 amide bonds. The standard InChI is InChI=1S/C21H36O2/c1-14(2)15-7-9-17-16(13-15)8-10-18-20(17,3)11-6-12-21(18,4)19(22)23-5/h14-18H,6-13H2,1-5H3/t15?,16-,17-,18+,20+,21+/m0/s1. The van der Waals surface area contributed by atoms with Crippen LogP contribution in [0.25, 0.3) is 0 Å². The van der Waals surface area contributed by atoms with E-state index < -0.39 is 0 Å². The highest BCUT2D eigenvalue weighted by atomic mass is 16.5. The van der Waals surface area contributed by atoms with Gasteiger partial charge in [-0.05, 0) is 86.9 Å². The molecule has 0 aromatic rings. The van der Waals surface area contributed by atoms with Crippen LogP contribution in [0.2, 0.25) is 0 Å². The summed E-state index contributed by atoms with van der Waals surface area (Å²) in [5.41, 5.74) is 0.105. The van der Waals surface area contributed by atoms with Crippen LogP contribution in [-0.2, 0) is 9.53 Å². The zero-order valence-corrected chi connectivity index (χ0v) is 15.9. The van der Waals surface area contributed by atoms with Gasteiger partial charge in [0, 0.05) is 0 Å². The monoisotopic (exact) mass is 320 g/mol. The van der Waals surface area contributed by atoms with Crippen LogP contribution in [0, 0.1) is 40.4 Å². The van der Waals surface area contributed by atoms with Crippen molar-refractivity contribution in [1.82, 2.24) is 0 Å². The Kier molecular flexibility index (Phi) is 4.57. The Hall–Kier alpha value is -0.530. The molecule has 132 valence electrons. The van der Waals surface area contributed by atoms with Crippen molar-refractivity contribution in [2.24, 2.45) is 40.4 Å². The summed E-state index contributed by atoms with van der Waals surface area (Å²) >= 11 is 0. The Morgan fingerprint density at radius 3 is 2.48 bits per heavy atom. The molecule has 0 saturated heterocycles. The molecule has 3 fully saturated rings. The van der Waals surface area contributed by atoms with Gasteiger partial charge >= 0.3 is 5.97 Å². The number of esters is 1. The third kappa shape index (κ3) is 2.65. The average molecular weight is 321 g/mol. The lowest BCUT2D eigenvalue weighted by molar-refractivity contribution is -0.176. The molecule has 3 saturated carbocycles. The first-order chi connectivity index (χ1) is 10.8. The maximum absolute atomic E-state index is 12.6. The van der Waals surface area contributed by atoms with E-state index in [1.165, 1.54) is 44.9 Å². The highest BCUT2D eigenvalue weighted by Gasteiger charge is 2.59. The van der Waals surface area contributed by atoms with Crippen molar-refractivity contribution >= 4 is 5.97 Å². The van der Waals surface area contributed by atoms with Gasteiger partial charge in [0.1, 0.15) is 0 Å². The van der Waals surface area contributed by atoms with E-state index >= 15 is 0 Å². The van der Waals surface area contributed by atoms with Gasteiger partial charge in [0.25, 0.3) is 0 Å². The minimum atomic E-state index is -0.248. The molecule has 3 aliphatic rings. The molecule has 1 unspecified atom stereocenters. The van der Waals surface area contributed by atoms with E-state index in [1.54, 1.807) is 7.11 Å². The van der Waals surface area contributed by atoms with E-state index in [0.717, 1.165) is 30.1 Å². The minimum absolute atomic E-state index is 0.0442. The fourth-order valence-corrected chi connectivity index (χ4v) is 6.96. The zero-order valence-electron chi connectivity index (χ0n) is 15.9. The molecule has 0 bridgehead atoms. The van der Waals surface area contributed by atoms with Crippen molar-refractivity contribution in [2.75, 3.05) is 7.11 Å². The van der Waals surface area contributed by atoms with Crippen LogP contribution in [0.1, 0.15) is 79.1 Å². The largest absolute Gasteiger partial charge is 0.469 e. The van der Waals surface area contributed by atoms with Crippen molar-refractivity contribution in [3.05, 3.63) is 0 Å². The van der Waals surface area contributed by atoms with E-state index in [-0.39, 0.29) is 11.4 Å². The maximum Gasteiger partial charge on any atom is 0.311 e. The summed E-state index contributed by atoms with van der Waals surface area (Å²) in [6.07, 6.45) is 10.3. The smallest absolute Gasteiger partial charge is 0.311 e. The summed E-state index contributed by atoms with van der Waals surface area (Å²) in [4.78, 5) is 12.6. The van der Waals surface area contributed by atoms with Gasteiger partial charge < -0.3 is 4.74 Å². The average Bonchev–Trinajstić information content (AvgIpc) is 2.53. The predicted molar refractivity (Wildman–Crippen MR) is 94.0 cm³/mol. The van der Waals surface area contributed by atoms with Crippen LogP contribution >= 0.6 is 0 Å². The van der Waals surface area contributed by atoms with E-state index in [9.17, 15) is 4.79 Å². The number of hydrogen-bond donors (Lipinski definition) is 0. The Labute approximate surface area is 142 Å². The number of carbonyl (C=O) groups is 1. The Balaban J connectivity index is 1.85. The highest BCUT2D eigenvalue weighted by molar-refractivity contribution is 5.77. The van der Waals surface area contributed by atoms with Gasteiger partial charge in [-0.15, -0.1) is 0 Å². The molecule has 0 aromatic heterocycles. The third-order valence-corrected chi connectivity index (χ3v) is 8.27. The highest BCUT2D eigenvalue weighted by Crippen LogP contribution is 2.64. The Morgan fingerprint density at radius 2 is 1.83 bits per heavy atom. The van der Waals surface area contributed by atoms with E-state index in [1.807, 2.05) is 0 Å². The summed E-state index contributed by atoms with van der Waals surface area (Å²) in [5, 5.41) is 0. The molecule has 3 aliphatic carbocycles. The molecule has 2 heteroatoms. The first-order valence-corrected chi connectivity index (χ1v) is 9.91. The topological polar surface area (TPSA) is 26.3 Å². The molecule has 3 rings (SSSR count). The number of ether oxygens (including phenoxy) is 1. The summed E-state index contributed by atoms with van der Waals surface area (Å²) in [5.74, 6) is 4.05. The summed E-state index contributed by atoms with van der Waals surface area (Å²) in [7, 11) is 1.57. The normalized spacial score (nSPS) is 46.9. The number of rotatable bonds is 2. The molecule has 0 aliphatic heterocycles. The number of fused-ring (bicyclic) bond motifs is 3. The number of hydrogen-bond acceptors (Lipinski definition) is 2.